The Bertz CT molecular complexity index is 283. The average Bonchev–Trinajstić information content (AvgIpc) is 2.74. The summed E-state index contributed by atoms with van der Waals surface area (Å²) in [6.07, 6.45) is 7.43. The topological polar surface area (TPSA) is 28.0 Å². The van der Waals surface area contributed by atoms with Crippen molar-refractivity contribution in [1.82, 2.24) is 5.01 Å². The molecule has 1 unspecified atom stereocenters. The van der Waals surface area contributed by atoms with Gasteiger partial charge in [-0.3, -0.25) is 5.01 Å². The SMILES string of the molecule is C/N=N\N(C)/C1=C/CC[C@@H]2C(C)[C@@H]2CC1. The Hall–Kier alpha value is -0.860. The number of hydrogen-bond donors (Lipinski definition) is 0. The predicted molar refractivity (Wildman–Crippen MR) is 61.2 cm³/mol. The molecule has 0 saturated heterocycles. The van der Waals surface area contributed by atoms with Gasteiger partial charge in [0.05, 0.1) is 7.05 Å². The average molecular weight is 207 g/mol. The van der Waals surface area contributed by atoms with Crippen LogP contribution in [0, 0.1) is 17.8 Å². The first-order valence-corrected chi connectivity index (χ1v) is 5.96. The minimum atomic E-state index is 0.968. The van der Waals surface area contributed by atoms with Crippen LogP contribution in [0.4, 0.5) is 0 Å². The molecular formula is C12H21N3. The van der Waals surface area contributed by atoms with Crippen molar-refractivity contribution in [3.8, 4) is 0 Å². The smallest absolute Gasteiger partial charge is 0.0509 e. The Morgan fingerprint density at radius 2 is 2.07 bits per heavy atom. The Kier molecular flexibility index (Phi) is 3.08. The molecule has 3 heteroatoms. The molecule has 2 aliphatic carbocycles. The van der Waals surface area contributed by atoms with Crippen molar-refractivity contribution in [2.24, 2.45) is 28.1 Å². The van der Waals surface area contributed by atoms with Crippen LogP contribution in [-0.2, 0) is 0 Å². The maximum atomic E-state index is 4.07. The largest absolute Gasteiger partial charge is 0.255 e. The summed E-state index contributed by atoms with van der Waals surface area (Å²) in [7, 11) is 3.72. The van der Waals surface area contributed by atoms with Crippen molar-refractivity contribution in [2.45, 2.75) is 32.6 Å². The van der Waals surface area contributed by atoms with E-state index in [1.54, 1.807) is 7.05 Å². The molecule has 1 fully saturated rings. The van der Waals surface area contributed by atoms with E-state index in [0.29, 0.717) is 0 Å². The molecule has 0 aromatic heterocycles. The van der Waals surface area contributed by atoms with E-state index >= 15 is 0 Å². The normalized spacial score (nSPS) is 38.9. The van der Waals surface area contributed by atoms with Gasteiger partial charge in [0.2, 0.25) is 0 Å². The molecule has 0 aromatic rings. The van der Waals surface area contributed by atoms with Crippen LogP contribution < -0.4 is 0 Å². The molecule has 0 radical (unpaired) electrons. The first kappa shape index (κ1) is 10.7. The third-order valence-corrected chi connectivity index (χ3v) is 4.01. The minimum Gasteiger partial charge on any atom is -0.255 e. The van der Waals surface area contributed by atoms with E-state index in [4.69, 9.17) is 0 Å². The summed E-state index contributed by atoms with van der Waals surface area (Å²) in [6, 6.07) is 0. The van der Waals surface area contributed by atoms with Gasteiger partial charge in [0.15, 0.2) is 0 Å². The molecular weight excluding hydrogens is 186 g/mol. The summed E-state index contributed by atoms with van der Waals surface area (Å²) >= 11 is 0. The highest BCUT2D eigenvalue weighted by atomic mass is 15.5. The molecule has 0 heterocycles. The zero-order chi connectivity index (χ0) is 10.8. The molecule has 0 aliphatic heterocycles. The van der Waals surface area contributed by atoms with Gasteiger partial charge in [-0.1, -0.05) is 18.2 Å². The Balaban J connectivity index is 1.96. The Morgan fingerprint density at radius 3 is 2.80 bits per heavy atom. The third kappa shape index (κ3) is 2.21. The molecule has 0 spiro atoms. The fraction of sp³-hybridized carbons (Fsp3) is 0.833. The quantitative estimate of drug-likeness (QED) is 0.504. The summed E-state index contributed by atoms with van der Waals surface area (Å²) in [4.78, 5) is 0. The number of nitrogens with zero attached hydrogens (tertiary/aromatic N) is 3. The fourth-order valence-corrected chi connectivity index (χ4v) is 2.94. The summed E-state index contributed by atoms with van der Waals surface area (Å²) < 4.78 is 0. The van der Waals surface area contributed by atoms with Gasteiger partial charge in [-0.05, 0) is 43.4 Å². The number of allylic oxidation sites excluding steroid dienone is 2. The van der Waals surface area contributed by atoms with Crippen molar-refractivity contribution in [1.29, 1.82) is 0 Å². The van der Waals surface area contributed by atoms with Crippen molar-refractivity contribution >= 4 is 0 Å². The van der Waals surface area contributed by atoms with E-state index in [1.165, 1.54) is 31.4 Å². The molecule has 1 saturated carbocycles. The lowest BCUT2D eigenvalue weighted by atomic mass is 10.0. The molecule has 2 rings (SSSR count). The van der Waals surface area contributed by atoms with E-state index in [1.807, 2.05) is 12.1 Å². The van der Waals surface area contributed by atoms with Crippen LogP contribution in [-0.4, -0.2) is 19.1 Å². The summed E-state index contributed by atoms with van der Waals surface area (Å²) in [5, 5.41) is 9.81. The zero-order valence-corrected chi connectivity index (χ0v) is 9.98. The molecule has 0 N–H and O–H groups in total. The maximum absolute atomic E-state index is 4.07. The second-order valence-electron chi connectivity index (χ2n) is 4.81. The summed E-state index contributed by atoms with van der Waals surface area (Å²) in [5.41, 5.74) is 1.35. The Morgan fingerprint density at radius 1 is 1.33 bits per heavy atom. The van der Waals surface area contributed by atoms with Gasteiger partial charge in [0.25, 0.3) is 0 Å². The molecule has 84 valence electrons. The van der Waals surface area contributed by atoms with Crippen LogP contribution in [0.15, 0.2) is 22.1 Å². The van der Waals surface area contributed by atoms with Gasteiger partial charge in [0.1, 0.15) is 0 Å². The monoisotopic (exact) mass is 207 g/mol. The molecule has 3 atom stereocenters. The van der Waals surface area contributed by atoms with Crippen molar-refractivity contribution in [2.75, 3.05) is 14.1 Å². The third-order valence-electron chi connectivity index (χ3n) is 4.01. The minimum absolute atomic E-state index is 0.968. The maximum Gasteiger partial charge on any atom is 0.0509 e. The zero-order valence-electron chi connectivity index (χ0n) is 9.98. The highest BCUT2D eigenvalue weighted by Gasteiger charge is 2.45. The van der Waals surface area contributed by atoms with Gasteiger partial charge in [-0.15, -0.1) is 0 Å². The lowest BCUT2D eigenvalue weighted by Crippen LogP contribution is -2.11. The number of rotatable bonds is 2. The first-order valence-electron chi connectivity index (χ1n) is 5.96. The molecule has 0 amide bonds. The van der Waals surface area contributed by atoms with Gasteiger partial charge in [-0.2, -0.15) is 5.11 Å². The van der Waals surface area contributed by atoms with E-state index in [0.717, 1.165) is 17.8 Å². The van der Waals surface area contributed by atoms with Crippen molar-refractivity contribution < 1.29 is 0 Å². The summed E-state index contributed by atoms with van der Waals surface area (Å²) in [5.74, 6) is 2.97. The molecule has 0 bridgehead atoms. The van der Waals surface area contributed by atoms with Crippen LogP contribution in [0.2, 0.25) is 0 Å². The molecule has 0 aromatic carbocycles. The number of hydrogen-bond acceptors (Lipinski definition) is 2. The van der Waals surface area contributed by atoms with Crippen molar-refractivity contribution in [3.63, 3.8) is 0 Å². The van der Waals surface area contributed by atoms with Crippen LogP contribution in [0.3, 0.4) is 0 Å². The van der Waals surface area contributed by atoms with E-state index in [2.05, 4.69) is 23.3 Å². The lowest BCUT2D eigenvalue weighted by Gasteiger charge is -2.17. The second kappa shape index (κ2) is 4.33. The van der Waals surface area contributed by atoms with Gasteiger partial charge in [0, 0.05) is 12.7 Å². The standard InChI is InChI=1S/C12H21N3/c1-9-11-6-4-5-10(7-8-12(9)11)15(3)14-13-2/h5,9,11-12H,4,6-8H2,1-3H3/b10-5+,14-13-/t9?,11-,12+/m1/s1. The lowest BCUT2D eigenvalue weighted by molar-refractivity contribution is 0.381. The van der Waals surface area contributed by atoms with E-state index in [-0.39, 0.29) is 0 Å². The molecule has 3 nitrogen and oxygen atoms in total. The highest BCUT2D eigenvalue weighted by molar-refractivity contribution is 5.06. The van der Waals surface area contributed by atoms with Crippen LogP contribution >= 0.6 is 0 Å². The summed E-state index contributed by atoms with van der Waals surface area (Å²) in [6.45, 7) is 2.40. The first-order chi connectivity index (χ1) is 7.24. The molecule has 2 aliphatic rings. The molecule has 15 heavy (non-hydrogen) atoms. The van der Waals surface area contributed by atoms with Gasteiger partial charge >= 0.3 is 0 Å². The highest BCUT2D eigenvalue weighted by Crippen LogP contribution is 2.52. The van der Waals surface area contributed by atoms with E-state index in [9.17, 15) is 0 Å². The van der Waals surface area contributed by atoms with E-state index < -0.39 is 0 Å². The van der Waals surface area contributed by atoms with Gasteiger partial charge < -0.3 is 0 Å². The predicted octanol–water partition coefficient (Wildman–Crippen LogP) is 3.26. The van der Waals surface area contributed by atoms with Gasteiger partial charge in [-0.25, -0.2) is 0 Å². The van der Waals surface area contributed by atoms with Crippen LogP contribution in [0.25, 0.3) is 0 Å². The van der Waals surface area contributed by atoms with Crippen molar-refractivity contribution in [3.05, 3.63) is 11.8 Å². The second-order valence-corrected chi connectivity index (χ2v) is 4.81. The fourth-order valence-electron chi connectivity index (χ4n) is 2.94. The van der Waals surface area contributed by atoms with Crippen LogP contribution in [0.1, 0.15) is 32.6 Å². The van der Waals surface area contributed by atoms with Crippen LogP contribution in [0.5, 0.6) is 0 Å². The Labute approximate surface area is 92.2 Å². The number of fused-ring (bicyclic) bond motifs is 1.